The molecule has 1 amide bonds. The highest BCUT2D eigenvalue weighted by Gasteiger charge is 2.07. The molecule has 4 nitrogen and oxygen atoms in total. The Morgan fingerprint density at radius 3 is 2.78 bits per heavy atom. The van der Waals surface area contributed by atoms with Crippen LogP contribution in [0.5, 0.6) is 5.75 Å². The van der Waals surface area contributed by atoms with Crippen LogP contribution in [0.15, 0.2) is 48.8 Å². The van der Waals surface area contributed by atoms with Crippen LogP contribution in [0.2, 0.25) is 0 Å². The maximum atomic E-state index is 11.2. The zero-order chi connectivity index (χ0) is 12.8. The molecule has 1 heterocycles. The van der Waals surface area contributed by atoms with E-state index in [0.29, 0.717) is 17.9 Å². The van der Waals surface area contributed by atoms with E-state index in [4.69, 9.17) is 10.5 Å². The number of hydrogen-bond donors (Lipinski definition) is 1. The second-order valence-electron chi connectivity index (χ2n) is 3.82. The highest BCUT2D eigenvalue weighted by Crippen LogP contribution is 2.17. The first-order chi connectivity index (χ1) is 8.77. The van der Waals surface area contributed by atoms with Crippen molar-refractivity contribution in [3.63, 3.8) is 0 Å². The topological polar surface area (TPSA) is 65.2 Å². The molecule has 0 aliphatic carbocycles. The summed E-state index contributed by atoms with van der Waals surface area (Å²) in [7, 11) is 0. The van der Waals surface area contributed by atoms with Gasteiger partial charge in [0.2, 0.25) is 0 Å². The van der Waals surface area contributed by atoms with Crippen LogP contribution in [0.4, 0.5) is 0 Å². The van der Waals surface area contributed by atoms with Gasteiger partial charge in [-0.15, -0.1) is 0 Å². The number of pyridine rings is 1. The van der Waals surface area contributed by atoms with Gasteiger partial charge in [0, 0.05) is 18.8 Å². The highest BCUT2D eigenvalue weighted by molar-refractivity contribution is 5.95. The van der Waals surface area contributed by atoms with Crippen LogP contribution in [-0.2, 0) is 6.42 Å². The van der Waals surface area contributed by atoms with Crippen molar-refractivity contribution in [1.82, 2.24) is 4.98 Å². The first-order valence-electron chi connectivity index (χ1n) is 5.68. The fraction of sp³-hybridized carbons (Fsp3) is 0.143. The van der Waals surface area contributed by atoms with E-state index < -0.39 is 5.91 Å². The van der Waals surface area contributed by atoms with Crippen molar-refractivity contribution in [1.29, 1.82) is 0 Å². The molecule has 92 valence electrons. The van der Waals surface area contributed by atoms with Crippen molar-refractivity contribution in [2.75, 3.05) is 6.61 Å². The van der Waals surface area contributed by atoms with Crippen LogP contribution in [-0.4, -0.2) is 17.5 Å². The molecule has 0 fully saturated rings. The van der Waals surface area contributed by atoms with Gasteiger partial charge in [0.25, 0.3) is 5.91 Å². The number of ether oxygens (including phenoxy) is 1. The summed E-state index contributed by atoms with van der Waals surface area (Å²) in [5.74, 6) is 0.0425. The lowest BCUT2D eigenvalue weighted by atomic mass is 10.2. The van der Waals surface area contributed by atoms with E-state index in [2.05, 4.69) is 4.98 Å². The van der Waals surface area contributed by atoms with Crippen LogP contribution in [0.25, 0.3) is 0 Å². The zero-order valence-electron chi connectivity index (χ0n) is 9.87. The van der Waals surface area contributed by atoms with Crippen molar-refractivity contribution in [3.05, 3.63) is 59.9 Å². The second kappa shape index (κ2) is 5.82. The molecule has 0 saturated carbocycles. The minimum Gasteiger partial charge on any atom is -0.492 e. The molecular formula is C14H14N2O2. The van der Waals surface area contributed by atoms with Crippen LogP contribution in [0, 0.1) is 0 Å². The van der Waals surface area contributed by atoms with E-state index in [1.165, 1.54) is 0 Å². The Hall–Kier alpha value is -2.36. The van der Waals surface area contributed by atoms with Gasteiger partial charge in [-0.1, -0.05) is 18.2 Å². The van der Waals surface area contributed by atoms with Gasteiger partial charge < -0.3 is 10.5 Å². The quantitative estimate of drug-likeness (QED) is 0.869. The average molecular weight is 242 g/mol. The fourth-order valence-electron chi connectivity index (χ4n) is 1.62. The van der Waals surface area contributed by atoms with E-state index >= 15 is 0 Å². The van der Waals surface area contributed by atoms with E-state index in [9.17, 15) is 4.79 Å². The summed E-state index contributed by atoms with van der Waals surface area (Å²) in [6.07, 6.45) is 4.26. The summed E-state index contributed by atoms with van der Waals surface area (Å²) in [4.78, 5) is 15.2. The molecule has 0 bridgehead atoms. The van der Waals surface area contributed by atoms with Gasteiger partial charge in [-0.05, 0) is 23.8 Å². The minimum absolute atomic E-state index is 0.406. The summed E-state index contributed by atoms with van der Waals surface area (Å²) >= 11 is 0. The number of rotatable bonds is 5. The molecule has 2 aromatic rings. The van der Waals surface area contributed by atoms with Crippen molar-refractivity contribution < 1.29 is 9.53 Å². The molecule has 0 saturated heterocycles. The van der Waals surface area contributed by atoms with Gasteiger partial charge in [0.15, 0.2) is 0 Å². The van der Waals surface area contributed by atoms with Gasteiger partial charge in [0.1, 0.15) is 5.75 Å². The number of primary amides is 1. The molecule has 1 aromatic heterocycles. The summed E-state index contributed by atoms with van der Waals surface area (Å²) in [5.41, 5.74) is 6.77. The molecule has 2 rings (SSSR count). The molecule has 0 atom stereocenters. The monoisotopic (exact) mass is 242 g/mol. The Balaban J connectivity index is 1.97. The van der Waals surface area contributed by atoms with Crippen molar-refractivity contribution >= 4 is 5.91 Å². The van der Waals surface area contributed by atoms with Gasteiger partial charge in [-0.3, -0.25) is 9.78 Å². The summed E-state index contributed by atoms with van der Waals surface area (Å²) < 4.78 is 5.57. The number of para-hydroxylation sites is 1. The predicted octanol–water partition coefficient (Wildman–Crippen LogP) is 1.80. The number of nitrogens with zero attached hydrogens (tertiary/aromatic N) is 1. The van der Waals surface area contributed by atoms with E-state index in [1.807, 2.05) is 18.2 Å². The Labute approximate surface area is 105 Å². The first-order valence-corrected chi connectivity index (χ1v) is 5.68. The molecule has 18 heavy (non-hydrogen) atoms. The molecule has 0 spiro atoms. The number of carbonyl (C=O) groups is 1. The van der Waals surface area contributed by atoms with Crippen molar-refractivity contribution in [2.24, 2.45) is 5.73 Å². The number of nitrogens with two attached hydrogens (primary N) is 1. The Morgan fingerprint density at radius 2 is 2.06 bits per heavy atom. The number of hydrogen-bond acceptors (Lipinski definition) is 3. The van der Waals surface area contributed by atoms with E-state index in [1.54, 1.807) is 30.6 Å². The van der Waals surface area contributed by atoms with Crippen LogP contribution >= 0.6 is 0 Å². The van der Waals surface area contributed by atoms with Gasteiger partial charge in [0.05, 0.1) is 12.2 Å². The molecule has 4 heteroatoms. The van der Waals surface area contributed by atoms with E-state index in [-0.39, 0.29) is 0 Å². The van der Waals surface area contributed by atoms with Crippen molar-refractivity contribution in [2.45, 2.75) is 6.42 Å². The maximum Gasteiger partial charge on any atom is 0.252 e. The third-order valence-electron chi connectivity index (χ3n) is 2.52. The second-order valence-corrected chi connectivity index (χ2v) is 3.82. The molecule has 0 aliphatic heterocycles. The van der Waals surface area contributed by atoms with Crippen LogP contribution in [0.1, 0.15) is 15.9 Å². The fourth-order valence-corrected chi connectivity index (χ4v) is 1.62. The molecule has 0 unspecified atom stereocenters. The number of amides is 1. The third-order valence-corrected chi connectivity index (χ3v) is 2.52. The molecule has 2 N–H and O–H groups in total. The Kier molecular flexibility index (Phi) is 3.91. The molecule has 1 aromatic carbocycles. The summed E-state index contributed by atoms with van der Waals surface area (Å²) in [6, 6.07) is 10.8. The maximum absolute atomic E-state index is 11.2. The van der Waals surface area contributed by atoms with Crippen LogP contribution in [0.3, 0.4) is 0 Å². The predicted molar refractivity (Wildman–Crippen MR) is 68.4 cm³/mol. The summed E-state index contributed by atoms with van der Waals surface area (Å²) in [5, 5.41) is 0. The zero-order valence-corrected chi connectivity index (χ0v) is 9.87. The molecule has 0 radical (unpaired) electrons. The largest absolute Gasteiger partial charge is 0.492 e. The Morgan fingerprint density at radius 1 is 1.22 bits per heavy atom. The van der Waals surface area contributed by atoms with E-state index in [0.717, 1.165) is 12.0 Å². The smallest absolute Gasteiger partial charge is 0.252 e. The SMILES string of the molecule is NC(=O)c1ccccc1OCCc1cccnc1. The first kappa shape index (κ1) is 12.1. The number of carbonyl (C=O) groups excluding carboxylic acids is 1. The lowest BCUT2D eigenvalue weighted by molar-refractivity contribution is 0.0996. The van der Waals surface area contributed by atoms with Gasteiger partial charge in [-0.2, -0.15) is 0 Å². The van der Waals surface area contributed by atoms with Crippen LogP contribution < -0.4 is 10.5 Å². The number of aromatic nitrogens is 1. The number of benzene rings is 1. The van der Waals surface area contributed by atoms with Crippen molar-refractivity contribution in [3.8, 4) is 5.75 Å². The normalized spacial score (nSPS) is 10.0. The highest BCUT2D eigenvalue weighted by atomic mass is 16.5. The van der Waals surface area contributed by atoms with Gasteiger partial charge in [-0.25, -0.2) is 0 Å². The standard InChI is InChI=1S/C14H14N2O2/c15-14(17)12-5-1-2-6-13(12)18-9-7-11-4-3-8-16-10-11/h1-6,8,10H,7,9H2,(H2,15,17). The lowest BCUT2D eigenvalue weighted by Crippen LogP contribution is -2.13. The lowest BCUT2D eigenvalue weighted by Gasteiger charge is -2.09. The minimum atomic E-state index is -0.480. The molecule has 0 aliphatic rings. The molecular weight excluding hydrogens is 228 g/mol. The average Bonchev–Trinajstić information content (AvgIpc) is 2.40. The third kappa shape index (κ3) is 3.07. The Bertz CT molecular complexity index is 526. The summed E-state index contributed by atoms with van der Waals surface area (Å²) in [6.45, 7) is 0.482. The van der Waals surface area contributed by atoms with Gasteiger partial charge >= 0.3 is 0 Å².